The van der Waals surface area contributed by atoms with E-state index in [0.717, 1.165) is 35.6 Å². The number of ether oxygens (including phenoxy) is 3. The number of carbonyl (C=O) groups is 2. The molecule has 136 valence electrons. The fourth-order valence-electron chi connectivity index (χ4n) is 3.66. The number of carbonyl (C=O) groups excluding carboxylic acids is 2. The summed E-state index contributed by atoms with van der Waals surface area (Å²) in [5.74, 6) is -0.288. The van der Waals surface area contributed by atoms with E-state index in [1.807, 2.05) is 6.92 Å². The third-order valence-corrected chi connectivity index (χ3v) is 5.68. The zero-order valence-corrected chi connectivity index (χ0v) is 16.1. The first-order chi connectivity index (χ1) is 11.9. The number of hydrogen-bond donors (Lipinski definition) is 0. The Kier molecular flexibility index (Phi) is 5.02. The number of methoxy groups -OCH3 is 2. The van der Waals surface area contributed by atoms with Crippen molar-refractivity contribution in [1.29, 1.82) is 0 Å². The van der Waals surface area contributed by atoms with Crippen LogP contribution in [0.5, 0.6) is 0 Å². The molecule has 0 N–H and O–H groups in total. The Labute approximate surface area is 154 Å². The van der Waals surface area contributed by atoms with Crippen LogP contribution in [0.25, 0.3) is 0 Å². The Balaban J connectivity index is 2.05. The number of hydrogen-bond acceptors (Lipinski definition) is 7. The summed E-state index contributed by atoms with van der Waals surface area (Å²) in [4.78, 5) is 31.7. The monoisotopic (exact) mass is 412 g/mol. The van der Waals surface area contributed by atoms with Crippen LogP contribution >= 0.6 is 15.9 Å². The third kappa shape index (κ3) is 2.91. The van der Waals surface area contributed by atoms with Crippen molar-refractivity contribution in [2.75, 3.05) is 45.4 Å². The Morgan fingerprint density at radius 3 is 2.24 bits per heavy atom. The molecule has 1 saturated heterocycles. The average Bonchev–Trinajstić information content (AvgIpc) is 3.07. The van der Waals surface area contributed by atoms with E-state index in [9.17, 15) is 9.59 Å². The van der Waals surface area contributed by atoms with Crippen molar-refractivity contribution in [2.24, 2.45) is 5.41 Å². The van der Waals surface area contributed by atoms with E-state index in [-0.39, 0.29) is 12.8 Å². The highest BCUT2D eigenvalue weighted by Crippen LogP contribution is 2.45. The third-order valence-electron chi connectivity index (χ3n) is 5.03. The summed E-state index contributed by atoms with van der Waals surface area (Å²) in [6.45, 7) is 4.82. The summed E-state index contributed by atoms with van der Waals surface area (Å²) < 4.78 is 15.9. The van der Waals surface area contributed by atoms with E-state index >= 15 is 0 Å². The molecule has 0 spiro atoms. The molecule has 2 aliphatic rings. The second kappa shape index (κ2) is 6.92. The van der Waals surface area contributed by atoms with Gasteiger partial charge in [0.05, 0.1) is 27.4 Å². The largest absolute Gasteiger partial charge is 0.468 e. The summed E-state index contributed by atoms with van der Waals surface area (Å²) in [6, 6.07) is 0. The molecule has 0 aromatic carbocycles. The minimum absolute atomic E-state index is 0.222. The Morgan fingerprint density at radius 2 is 1.68 bits per heavy atom. The van der Waals surface area contributed by atoms with Crippen molar-refractivity contribution < 1.29 is 23.8 Å². The second-order valence-electron chi connectivity index (χ2n) is 6.33. The van der Waals surface area contributed by atoms with Gasteiger partial charge in [-0.2, -0.15) is 0 Å². The van der Waals surface area contributed by atoms with Crippen molar-refractivity contribution in [2.45, 2.75) is 19.8 Å². The first-order valence-corrected chi connectivity index (χ1v) is 8.91. The molecular formula is C17H21BrN2O5. The van der Waals surface area contributed by atoms with Crippen LogP contribution in [0.4, 0.5) is 5.82 Å². The fourth-order valence-corrected chi connectivity index (χ4v) is 4.21. The molecule has 1 aliphatic heterocycles. The lowest BCUT2D eigenvalue weighted by molar-refractivity contribution is -0.168. The predicted octanol–water partition coefficient (Wildman–Crippen LogP) is 1.42. The molecule has 2 heterocycles. The molecule has 7 nitrogen and oxygen atoms in total. The first-order valence-electron chi connectivity index (χ1n) is 8.12. The van der Waals surface area contributed by atoms with Crippen LogP contribution in [0, 0.1) is 12.3 Å². The number of rotatable bonds is 3. The highest BCUT2D eigenvalue weighted by atomic mass is 79.9. The van der Waals surface area contributed by atoms with Crippen LogP contribution in [0.15, 0.2) is 4.60 Å². The van der Waals surface area contributed by atoms with E-state index in [4.69, 9.17) is 14.2 Å². The number of pyridine rings is 1. The van der Waals surface area contributed by atoms with Gasteiger partial charge in [-0.05, 0) is 39.5 Å². The molecule has 0 radical (unpaired) electrons. The summed E-state index contributed by atoms with van der Waals surface area (Å²) in [5, 5.41) is 0. The predicted molar refractivity (Wildman–Crippen MR) is 93.6 cm³/mol. The van der Waals surface area contributed by atoms with Crippen LogP contribution in [0.2, 0.25) is 0 Å². The molecule has 1 aromatic heterocycles. The normalized spacial score (nSPS) is 18.6. The topological polar surface area (TPSA) is 78.0 Å². The number of aromatic nitrogens is 1. The molecule has 0 amide bonds. The van der Waals surface area contributed by atoms with Crippen LogP contribution in [-0.2, 0) is 36.6 Å². The zero-order chi connectivity index (χ0) is 18.2. The SMILES string of the molecule is COC(=O)C1(C(=O)OC)Cc2c(Br)nc(N3CCOCC3)c(C)c2C1. The van der Waals surface area contributed by atoms with Gasteiger partial charge in [-0.3, -0.25) is 9.59 Å². The van der Waals surface area contributed by atoms with Gasteiger partial charge in [-0.1, -0.05) is 0 Å². The highest BCUT2D eigenvalue weighted by molar-refractivity contribution is 9.10. The maximum Gasteiger partial charge on any atom is 0.323 e. The summed E-state index contributed by atoms with van der Waals surface area (Å²) in [6.07, 6.45) is 0.478. The number of esters is 2. The minimum Gasteiger partial charge on any atom is -0.468 e. The number of morpholine rings is 1. The van der Waals surface area contributed by atoms with Crippen LogP contribution in [-0.4, -0.2) is 57.4 Å². The van der Waals surface area contributed by atoms with Crippen molar-refractivity contribution in [1.82, 2.24) is 4.98 Å². The van der Waals surface area contributed by atoms with Gasteiger partial charge in [0, 0.05) is 25.9 Å². The summed E-state index contributed by atoms with van der Waals surface area (Å²) >= 11 is 3.52. The van der Waals surface area contributed by atoms with Crippen LogP contribution < -0.4 is 4.90 Å². The molecule has 3 rings (SSSR count). The first kappa shape index (κ1) is 18.1. The van der Waals surface area contributed by atoms with Crippen molar-refractivity contribution in [3.05, 3.63) is 21.3 Å². The number of anilines is 1. The quantitative estimate of drug-likeness (QED) is 0.421. The van der Waals surface area contributed by atoms with Crippen molar-refractivity contribution in [3.8, 4) is 0 Å². The van der Waals surface area contributed by atoms with Gasteiger partial charge in [0.15, 0.2) is 5.41 Å². The standard InChI is InChI=1S/C17H21BrN2O5/c1-10-11-8-17(15(21)23-2,16(22)24-3)9-12(11)13(18)19-14(10)20-4-6-25-7-5-20/h4-9H2,1-3H3. The summed E-state index contributed by atoms with van der Waals surface area (Å²) in [7, 11) is 2.57. The van der Waals surface area contributed by atoms with Gasteiger partial charge in [0.1, 0.15) is 10.4 Å². The molecule has 0 bridgehead atoms. The summed E-state index contributed by atoms with van der Waals surface area (Å²) in [5.41, 5.74) is 1.46. The number of fused-ring (bicyclic) bond motifs is 1. The maximum absolute atomic E-state index is 12.4. The number of nitrogens with zero attached hydrogens (tertiary/aromatic N) is 2. The van der Waals surface area contributed by atoms with E-state index < -0.39 is 17.4 Å². The van der Waals surface area contributed by atoms with E-state index in [0.29, 0.717) is 17.8 Å². The van der Waals surface area contributed by atoms with Gasteiger partial charge in [0.25, 0.3) is 0 Å². The lowest BCUT2D eigenvalue weighted by Crippen LogP contribution is -2.42. The molecule has 0 saturated carbocycles. The van der Waals surface area contributed by atoms with Gasteiger partial charge >= 0.3 is 11.9 Å². The van der Waals surface area contributed by atoms with Crippen molar-refractivity contribution in [3.63, 3.8) is 0 Å². The number of halogens is 1. The molecular weight excluding hydrogens is 392 g/mol. The van der Waals surface area contributed by atoms with E-state index in [1.54, 1.807) is 0 Å². The van der Waals surface area contributed by atoms with Gasteiger partial charge in [0.2, 0.25) is 0 Å². The van der Waals surface area contributed by atoms with Gasteiger partial charge in [-0.15, -0.1) is 0 Å². The highest BCUT2D eigenvalue weighted by Gasteiger charge is 2.54. The van der Waals surface area contributed by atoms with Gasteiger partial charge in [-0.25, -0.2) is 4.98 Å². The zero-order valence-electron chi connectivity index (χ0n) is 14.6. The molecule has 1 fully saturated rings. The van der Waals surface area contributed by atoms with Gasteiger partial charge < -0.3 is 19.1 Å². The van der Waals surface area contributed by atoms with E-state index in [1.165, 1.54) is 14.2 Å². The Hall–Kier alpha value is -1.67. The Bertz CT molecular complexity index is 699. The van der Waals surface area contributed by atoms with Crippen molar-refractivity contribution >= 4 is 33.7 Å². The smallest absolute Gasteiger partial charge is 0.323 e. The minimum atomic E-state index is -1.34. The van der Waals surface area contributed by atoms with Crippen LogP contribution in [0.3, 0.4) is 0 Å². The maximum atomic E-state index is 12.4. The molecule has 0 unspecified atom stereocenters. The Morgan fingerprint density at radius 1 is 1.12 bits per heavy atom. The van der Waals surface area contributed by atoms with E-state index in [2.05, 4.69) is 25.8 Å². The molecule has 0 atom stereocenters. The lowest BCUT2D eigenvalue weighted by Gasteiger charge is -2.30. The lowest BCUT2D eigenvalue weighted by atomic mass is 9.84. The molecule has 8 heteroatoms. The molecule has 25 heavy (non-hydrogen) atoms. The molecule has 1 aromatic rings. The fraction of sp³-hybridized carbons (Fsp3) is 0.588. The second-order valence-corrected chi connectivity index (χ2v) is 7.08. The van der Waals surface area contributed by atoms with Crippen LogP contribution in [0.1, 0.15) is 16.7 Å². The molecule has 1 aliphatic carbocycles. The average molecular weight is 413 g/mol.